The zero-order chi connectivity index (χ0) is 26.9. The quantitative estimate of drug-likeness (QED) is 0.234. The molecule has 0 rings (SSSR count). The molecule has 0 bridgehead atoms. The van der Waals surface area contributed by atoms with Crippen LogP contribution in [0.3, 0.4) is 0 Å². The molecule has 0 spiro atoms. The molecule has 18 heteroatoms. The van der Waals surface area contributed by atoms with E-state index >= 15 is 0 Å². The molecule has 0 aliphatic rings. The van der Waals surface area contributed by atoms with Crippen LogP contribution in [0.1, 0.15) is 12.8 Å². The smallest absolute Gasteiger partial charge is 0.460 e. The number of rotatable bonds is 12. The van der Waals surface area contributed by atoms with Crippen molar-refractivity contribution in [3.63, 3.8) is 0 Å². The number of aliphatic carboxylic acids is 1. The zero-order valence-corrected chi connectivity index (χ0v) is 16.7. The summed E-state index contributed by atoms with van der Waals surface area (Å²) < 4.78 is 169. The summed E-state index contributed by atoms with van der Waals surface area (Å²) in [6, 6.07) is 0. The van der Waals surface area contributed by atoms with Gasteiger partial charge < -0.3 is 14.9 Å². The molecule has 0 unspecified atom stereocenters. The Morgan fingerprint density at radius 1 is 0.727 bits per heavy atom. The van der Waals surface area contributed by atoms with E-state index in [1.165, 1.54) is 14.1 Å². The molecule has 0 aromatic heterocycles. The van der Waals surface area contributed by atoms with Crippen molar-refractivity contribution in [3.8, 4) is 0 Å². The van der Waals surface area contributed by atoms with E-state index in [1.54, 1.807) is 0 Å². The van der Waals surface area contributed by atoms with Crippen molar-refractivity contribution in [1.82, 2.24) is 5.32 Å². The Morgan fingerprint density at radius 3 is 1.55 bits per heavy atom. The van der Waals surface area contributed by atoms with Gasteiger partial charge in [-0.3, -0.25) is 9.59 Å². The fraction of sp³-hybridized carbons (Fsp3) is 0.867. The van der Waals surface area contributed by atoms with Crippen molar-refractivity contribution in [2.45, 2.75) is 48.6 Å². The van der Waals surface area contributed by atoms with E-state index in [4.69, 9.17) is 5.11 Å². The van der Waals surface area contributed by atoms with Crippen LogP contribution in [0.15, 0.2) is 0 Å². The summed E-state index contributed by atoms with van der Waals surface area (Å²) in [7, 11) is 2.86. The van der Waals surface area contributed by atoms with Crippen molar-refractivity contribution in [2.75, 3.05) is 33.7 Å². The normalized spacial score (nSPS) is 14.9. The molecule has 2 N–H and O–H groups in total. The van der Waals surface area contributed by atoms with Gasteiger partial charge in [-0.05, 0) is 0 Å². The van der Waals surface area contributed by atoms with E-state index < -0.39 is 54.2 Å². The molecule has 0 aromatic carbocycles. The fourth-order valence-corrected chi connectivity index (χ4v) is 2.24. The number of carbonyl (C=O) groups excluding carboxylic acids is 1. The molecule has 196 valence electrons. The Morgan fingerprint density at radius 2 is 1.15 bits per heavy atom. The highest BCUT2D eigenvalue weighted by Crippen LogP contribution is 2.60. The van der Waals surface area contributed by atoms with Crippen LogP contribution in [0.4, 0.5) is 57.1 Å². The van der Waals surface area contributed by atoms with E-state index in [0.717, 1.165) is 5.32 Å². The van der Waals surface area contributed by atoms with Crippen LogP contribution < -0.4 is 5.32 Å². The molecule has 0 radical (unpaired) electrons. The lowest BCUT2D eigenvalue weighted by Gasteiger charge is -2.39. The van der Waals surface area contributed by atoms with Gasteiger partial charge in [0.15, 0.2) is 0 Å². The number of amides is 1. The maximum absolute atomic E-state index is 13.6. The first kappa shape index (κ1) is 31.0. The molecule has 33 heavy (non-hydrogen) atoms. The summed E-state index contributed by atoms with van der Waals surface area (Å²) in [5.41, 5.74) is 0. The van der Waals surface area contributed by atoms with E-state index in [0.29, 0.717) is 0 Å². The molecule has 0 atom stereocenters. The minimum atomic E-state index is -8.07. The van der Waals surface area contributed by atoms with Gasteiger partial charge in [-0.25, -0.2) is 0 Å². The summed E-state index contributed by atoms with van der Waals surface area (Å²) in [6.45, 7) is -1.09. The van der Waals surface area contributed by atoms with Gasteiger partial charge in [-0.15, -0.1) is 0 Å². The largest absolute Gasteiger partial charge is 0.481 e. The van der Waals surface area contributed by atoms with Gasteiger partial charge in [0.2, 0.25) is 0 Å². The predicted molar refractivity (Wildman–Crippen MR) is 82.5 cm³/mol. The second-order valence-corrected chi connectivity index (χ2v) is 7.51. The number of nitrogens with one attached hydrogen (secondary N) is 1. The Labute approximate surface area is 177 Å². The van der Waals surface area contributed by atoms with Gasteiger partial charge in [0.25, 0.3) is 5.91 Å². The average Bonchev–Trinajstić information content (AvgIpc) is 2.61. The van der Waals surface area contributed by atoms with Crippen molar-refractivity contribution in [1.29, 1.82) is 0 Å². The molecule has 0 saturated heterocycles. The highest BCUT2D eigenvalue weighted by atomic mass is 19.4. The first-order valence-electron chi connectivity index (χ1n) is 8.57. The minimum absolute atomic E-state index is 0.0216. The third-order valence-electron chi connectivity index (χ3n) is 4.38. The number of carboxylic acid groups (broad SMARTS) is 1. The highest BCUT2D eigenvalue weighted by Gasteiger charge is 2.91. The summed E-state index contributed by atoms with van der Waals surface area (Å²) >= 11 is 0. The molecule has 1 amide bonds. The van der Waals surface area contributed by atoms with Crippen molar-refractivity contribution >= 4 is 11.9 Å². The Bertz CT molecular complexity index is 720. The minimum Gasteiger partial charge on any atom is -0.481 e. The maximum atomic E-state index is 13.6. The van der Waals surface area contributed by atoms with Gasteiger partial charge in [0, 0.05) is 13.0 Å². The average molecular weight is 521 g/mol. The third kappa shape index (κ3) is 5.92. The number of carboxylic acids is 1. The molecule has 0 fully saturated rings. The van der Waals surface area contributed by atoms with Crippen LogP contribution in [-0.4, -0.2) is 91.0 Å². The summed E-state index contributed by atoms with van der Waals surface area (Å²) in [5, 5.41) is 9.54. The van der Waals surface area contributed by atoms with E-state index in [-0.39, 0.29) is 30.4 Å². The highest BCUT2D eigenvalue weighted by molar-refractivity contribution is 5.84. The number of halogens is 13. The van der Waals surface area contributed by atoms with Gasteiger partial charge in [0.05, 0.1) is 33.6 Å². The molecule has 5 nitrogen and oxygen atoms in total. The van der Waals surface area contributed by atoms with Gasteiger partial charge >= 0.3 is 41.8 Å². The number of nitrogens with zero attached hydrogens (tertiary/aromatic N) is 1. The Balaban J connectivity index is 5.52. The zero-order valence-electron chi connectivity index (χ0n) is 16.7. The van der Waals surface area contributed by atoms with Crippen LogP contribution in [0.5, 0.6) is 0 Å². The van der Waals surface area contributed by atoms with E-state index in [2.05, 4.69) is 0 Å². The maximum Gasteiger partial charge on any atom is 0.460 e. The first-order valence-corrected chi connectivity index (χ1v) is 8.57. The molecular formula is C15H18F13N2O3+. The van der Waals surface area contributed by atoms with Crippen LogP contribution in [-0.2, 0) is 9.59 Å². The first-order chi connectivity index (χ1) is 14.3. The van der Waals surface area contributed by atoms with Crippen LogP contribution in [0, 0.1) is 0 Å². The second kappa shape index (κ2) is 9.32. The molecule has 0 aliphatic heterocycles. The number of quaternary nitrogens is 1. The van der Waals surface area contributed by atoms with E-state index in [9.17, 15) is 66.7 Å². The molecule has 0 aliphatic carbocycles. The van der Waals surface area contributed by atoms with E-state index in [1.807, 2.05) is 0 Å². The topological polar surface area (TPSA) is 66.4 Å². The third-order valence-corrected chi connectivity index (χ3v) is 4.38. The lowest BCUT2D eigenvalue weighted by molar-refractivity contribution is -0.889. The fourth-order valence-electron chi connectivity index (χ4n) is 2.24. The predicted octanol–water partition coefficient (Wildman–Crippen LogP) is 3.78. The molecular weight excluding hydrogens is 503 g/mol. The Hall–Kier alpha value is -2.01. The summed E-state index contributed by atoms with van der Waals surface area (Å²) in [6.07, 6.45) is -8.24. The number of hydrogen-bond acceptors (Lipinski definition) is 2. The lowest BCUT2D eigenvalue weighted by Crippen LogP contribution is -2.72. The van der Waals surface area contributed by atoms with Gasteiger partial charge in [0.1, 0.15) is 0 Å². The van der Waals surface area contributed by atoms with Crippen molar-refractivity contribution in [3.05, 3.63) is 0 Å². The number of alkyl halides is 13. The molecule has 0 aromatic rings. The SMILES string of the molecule is C[N+](C)(CCCNC(=O)C(F)(F)C(F)(F)C(F)(F)C(F)(F)C(F)(F)C(F)(F)F)CCC(=O)O. The van der Waals surface area contributed by atoms with Crippen LogP contribution in [0.2, 0.25) is 0 Å². The van der Waals surface area contributed by atoms with Gasteiger partial charge in [-0.1, -0.05) is 0 Å². The number of hydrogen-bond donors (Lipinski definition) is 2. The van der Waals surface area contributed by atoms with Crippen molar-refractivity contribution in [2.24, 2.45) is 0 Å². The number of carbonyl (C=O) groups is 2. The molecule has 0 saturated carbocycles. The van der Waals surface area contributed by atoms with Crippen LogP contribution in [0.25, 0.3) is 0 Å². The van der Waals surface area contributed by atoms with Gasteiger partial charge in [-0.2, -0.15) is 57.1 Å². The summed E-state index contributed by atoms with van der Waals surface area (Å²) in [4.78, 5) is 21.8. The lowest BCUT2D eigenvalue weighted by atomic mass is 9.93. The second-order valence-electron chi connectivity index (χ2n) is 7.51. The van der Waals surface area contributed by atoms with Crippen molar-refractivity contribution < 1.29 is 76.3 Å². The van der Waals surface area contributed by atoms with Crippen LogP contribution >= 0.6 is 0 Å². The standard InChI is InChI=1S/C15H17F13N2O3/c1-30(2,7-4-8(31)32)6-3-5-29-9(33)10(16,17)11(18,19)12(20,21)13(22,23)14(24,25)15(26,27)28/h3-7H2,1-2H3,(H-,29,31,32,33)/p+1. The monoisotopic (exact) mass is 521 g/mol. The Kier molecular flexibility index (Phi) is 8.76. The molecule has 0 heterocycles. The summed E-state index contributed by atoms with van der Waals surface area (Å²) in [5.74, 6) is -43.0.